The average molecular weight is 325 g/mol. The Morgan fingerprint density at radius 1 is 1.52 bits per heavy atom. The number of rotatable bonds is 6. The highest BCUT2D eigenvalue weighted by Gasteiger charge is 2.29. The number of hydrogen-bond acceptors (Lipinski definition) is 4. The molecular formula is C14H17ClN4OS. The van der Waals surface area contributed by atoms with Crippen LogP contribution in [-0.4, -0.2) is 21.3 Å². The van der Waals surface area contributed by atoms with Gasteiger partial charge in [-0.05, 0) is 48.8 Å². The Bertz CT molecular complexity index is 693. The molecule has 0 aliphatic heterocycles. The molecule has 0 bridgehead atoms. The van der Waals surface area contributed by atoms with E-state index in [0.717, 1.165) is 34.9 Å². The SMILES string of the molecule is CCNCc1c(Cl)cccc1Sc1n[nH]c(=O)n1C1CC1. The second kappa shape index (κ2) is 6.25. The molecule has 1 aromatic heterocycles. The Morgan fingerprint density at radius 3 is 3.05 bits per heavy atom. The summed E-state index contributed by atoms with van der Waals surface area (Å²) in [5.74, 6) is 0. The van der Waals surface area contributed by atoms with E-state index in [0.29, 0.717) is 17.7 Å². The van der Waals surface area contributed by atoms with Crippen LogP contribution in [0.2, 0.25) is 5.02 Å². The van der Waals surface area contributed by atoms with Gasteiger partial charge < -0.3 is 5.32 Å². The fraction of sp³-hybridized carbons (Fsp3) is 0.429. The molecule has 1 saturated carbocycles. The molecule has 0 atom stereocenters. The average Bonchev–Trinajstić information content (AvgIpc) is 3.23. The predicted octanol–water partition coefficient (Wildman–Crippen LogP) is 2.82. The van der Waals surface area contributed by atoms with Gasteiger partial charge >= 0.3 is 5.69 Å². The summed E-state index contributed by atoms with van der Waals surface area (Å²) in [5, 5.41) is 11.4. The van der Waals surface area contributed by atoms with Crippen LogP contribution >= 0.6 is 23.4 Å². The topological polar surface area (TPSA) is 62.7 Å². The van der Waals surface area contributed by atoms with E-state index >= 15 is 0 Å². The van der Waals surface area contributed by atoms with Gasteiger partial charge in [-0.1, -0.05) is 24.6 Å². The third-order valence-electron chi connectivity index (χ3n) is 3.41. The van der Waals surface area contributed by atoms with Gasteiger partial charge in [-0.3, -0.25) is 4.57 Å². The minimum atomic E-state index is -0.129. The van der Waals surface area contributed by atoms with E-state index in [1.165, 1.54) is 11.8 Å². The Labute approximate surface area is 132 Å². The first kappa shape index (κ1) is 14.7. The van der Waals surface area contributed by atoms with Crippen LogP contribution in [0.5, 0.6) is 0 Å². The summed E-state index contributed by atoms with van der Waals surface area (Å²) < 4.78 is 1.75. The summed E-state index contributed by atoms with van der Waals surface area (Å²) in [6.07, 6.45) is 2.10. The maximum Gasteiger partial charge on any atom is 0.344 e. The summed E-state index contributed by atoms with van der Waals surface area (Å²) >= 11 is 7.79. The van der Waals surface area contributed by atoms with Crippen molar-refractivity contribution in [2.24, 2.45) is 0 Å². The van der Waals surface area contributed by atoms with Crippen LogP contribution < -0.4 is 11.0 Å². The highest BCUT2D eigenvalue weighted by atomic mass is 35.5. The maximum absolute atomic E-state index is 11.8. The first-order valence-electron chi connectivity index (χ1n) is 7.03. The summed E-state index contributed by atoms with van der Waals surface area (Å²) in [6.45, 7) is 3.64. The smallest absolute Gasteiger partial charge is 0.313 e. The lowest BCUT2D eigenvalue weighted by Gasteiger charge is -2.11. The van der Waals surface area contributed by atoms with Crippen molar-refractivity contribution in [1.82, 2.24) is 20.1 Å². The van der Waals surface area contributed by atoms with Gasteiger partial charge in [-0.25, -0.2) is 9.89 Å². The van der Waals surface area contributed by atoms with Crippen molar-refractivity contribution < 1.29 is 0 Å². The zero-order valence-corrected chi connectivity index (χ0v) is 13.3. The number of benzene rings is 1. The zero-order valence-electron chi connectivity index (χ0n) is 11.7. The lowest BCUT2D eigenvalue weighted by atomic mass is 10.2. The third-order valence-corrected chi connectivity index (χ3v) is 4.84. The molecule has 0 saturated heterocycles. The lowest BCUT2D eigenvalue weighted by molar-refractivity contribution is 0.642. The standard InChI is InChI=1S/C14H17ClN4OS/c1-2-16-8-10-11(15)4-3-5-12(10)21-14-18-17-13(20)19(14)9-6-7-9/h3-5,9,16H,2,6-8H2,1H3,(H,17,20). The molecule has 3 rings (SSSR count). The van der Waals surface area contributed by atoms with Gasteiger partial charge in [0.15, 0.2) is 5.16 Å². The van der Waals surface area contributed by atoms with Crippen LogP contribution in [0, 0.1) is 0 Å². The molecule has 0 spiro atoms. The van der Waals surface area contributed by atoms with Crippen LogP contribution in [0.25, 0.3) is 0 Å². The Morgan fingerprint density at radius 2 is 2.33 bits per heavy atom. The molecule has 1 fully saturated rings. The van der Waals surface area contributed by atoms with Gasteiger partial charge in [0.25, 0.3) is 0 Å². The van der Waals surface area contributed by atoms with Crippen LogP contribution in [0.4, 0.5) is 0 Å². The van der Waals surface area contributed by atoms with Crippen LogP contribution in [0.1, 0.15) is 31.4 Å². The first-order chi connectivity index (χ1) is 10.2. The van der Waals surface area contributed by atoms with Gasteiger partial charge in [0, 0.05) is 22.5 Å². The molecule has 0 radical (unpaired) electrons. The normalized spacial score (nSPS) is 14.6. The Hall–Kier alpha value is -1.24. The maximum atomic E-state index is 11.8. The molecule has 112 valence electrons. The van der Waals surface area contributed by atoms with E-state index in [1.807, 2.05) is 18.2 Å². The van der Waals surface area contributed by atoms with Crippen molar-refractivity contribution in [3.05, 3.63) is 39.3 Å². The molecule has 0 unspecified atom stereocenters. The molecule has 7 heteroatoms. The third kappa shape index (κ3) is 3.17. The summed E-state index contributed by atoms with van der Waals surface area (Å²) in [7, 11) is 0. The summed E-state index contributed by atoms with van der Waals surface area (Å²) in [5.41, 5.74) is 0.916. The minimum absolute atomic E-state index is 0.129. The molecule has 1 aliphatic carbocycles. The number of hydrogen-bond donors (Lipinski definition) is 2. The second-order valence-electron chi connectivity index (χ2n) is 5.01. The van der Waals surface area contributed by atoms with Gasteiger partial charge in [0.2, 0.25) is 0 Å². The van der Waals surface area contributed by atoms with E-state index < -0.39 is 0 Å². The molecule has 1 aliphatic rings. The quantitative estimate of drug-likeness (QED) is 0.857. The van der Waals surface area contributed by atoms with Crippen LogP contribution in [0.15, 0.2) is 33.0 Å². The van der Waals surface area contributed by atoms with E-state index in [9.17, 15) is 4.79 Å². The molecule has 1 heterocycles. The molecule has 5 nitrogen and oxygen atoms in total. The van der Waals surface area contributed by atoms with Crippen LogP contribution in [-0.2, 0) is 6.54 Å². The molecule has 21 heavy (non-hydrogen) atoms. The fourth-order valence-corrected chi connectivity index (χ4v) is 3.54. The Balaban J connectivity index is 1.91. The minimum Gasteiger partial charge on any atom is -0.313 e. The number of halogens is 1. The molecule has 1 aromatic carbocycles. The van der Waals surface area contributed by atoms with E-state index in [2.05, 4.69) is 22.4 Å². The van der Waals surface area contributed by atoms with E-state index in [4.69, 9.17) is 11.6 Å². The molecular weight excluding hydrogens is 308 g/mol. The van der Waals surface area contributed by atoms with Crippen molar-refractivity contribution in [3.8, 4) is 0 Å². The highest BCUT2D eigenvalue weighted by Crippen LogP contribution is 2.39. The summed E-state index contributed by atoms with van der Waals surface area (Å²) in [4.78, 5) is 12.9. The molecule has 2 N–H and O–H groups in total. The Kier molecular flexibility index (Phi) is 4.37. The van der Waals surface area contributed by atoms with Gasteiger partial charge in [-0.15, -0.1) is 5.10 Å². The first-order valence-corrected chi connectivity index (χ1v) is 8.23. The monoisotopic (exact) mass is 324 g/mol. The summed E-state index contributed by atoms with van der Waals surface area (Å²) in [6, 6.07) is 6.12. The highest BCUT2D eigenvalue weighted by molar-refractivity contribution is 7.99. The van der Waals surface area contributed by atoms with Crippen LogP contribution in [0.3, 0.4) is 0 Å². The van der Waals surface area contributed by atoms with Crippen molar-refractivity contribution >= 4 is 23.4 Å². The van der Waals surface area contributed by atoms with Crippen molar-refractivity contribution in [1.29, 1.82) is 0 Å². The van der Waals surface area contributed by atoms with Crippen molar-refractivity contribution in [3.63, 3.8) is 0 Å². The zero-order chi connectivity index (χ0) is 14.8. The lowest BCUT2D eigenvalue weighted by Crippen LogP contribution is -2.16. The second-order valence-corrected chi connectivity index (χ2v) is 6.43. The number of nitrogens with one attached hydrogen (secondary N) is 2. The van der Waals surface area contributed by atoms with Crippen molar-refractivity contribution in [2.75, 3.05) is 6.54 Å². The predicted molar refractivity (Wildman–Crippen MR) is 84.1 cm³/mol. The number of nitrogens with zero attached hydrogens (tertiary/aromatic N) is 2. The van der Waals surface area contributed by atoms with Crippen molar-refractivity contribution in [2.45, 2.75) is 42.4 Å². The van der Waals surface area contributed by atoms with E-state index in [1.54, 1.807) is 4.57 Å². The number of aromatic nitrogens is 3. The van der Waals surface area contributed by atoms with E-state index in [-0.39, 0.29) is 5.69 Å². The van der Waals surface area contributed by atoms with Gasteiger partial charge in [-0.2, -0.15) is 0 Å². The molecule has 0 amide bonds. The fourth-order valence-electron chi connectivity index (χ4n) is 2.17. The van der Waals surface area contributed by atoms with Gasteiger partial charge in [0.1, 0.15) is 0 Å². The van der Waals surface area contributed by atoms with Gasteiger partial charge in [0.05, 0.1) is 0 Å². The molecule has 2 aromatic rings. The number of H-pyrrole nitrogens is 1. The number of aromatic amines is 1. The largest absolute Gasteiger partial charge is 0.344 e.